The van der Waals surface area contributed by atoms with Crippen molar-refractivity contribution in [3.05, 3.63) is 54.1 Å². The average molecular weight is 408 g/mol. The van der Waals surface area contributed by atoms with Crippen molar-refractivity contribution in [1.29, 1.82) is 0 Å². The van der Waals surface area contributed by atoms with E-state index in [0.29, 0.717) is 16.7 Å². The number of halogens is 3. The molecule has 1 aromatic heterocycles. The predicted molar refractivity (Wildman–Crippen MR) is 99.0 cm³/mol. The van der Waals surface area contributed by atoms with E-state index in [4.69, 9.17) is 0 Å². The number of carbonyl (C=O) groups is 1. The number of hydrogen-bond acceptors (Lipinski definition) is 5. The number of ether oxygens (including phenoxy) is 1. The molecule has 0 aliphatic carbocycles. The molecule has 0 atom stereocenters. The molecule has 28 heavy (non-hydrogen) atoms. The van der Waals surface area contributed by atoms with Gasteiger partial charge >= 0.3 is 6.36 Å². The van der Waals surface area contributed by atoms with E-state index in [2.05, 4.69) is 25.2 Å². The van der Waals surface area contributed by atoms with Gasteiger partial charge in [0.1, 0.15) is 5.75 Å². The van der Waals surface area contributed by atoms with E-state index in [1.54, 1.807) is 0 Å². The molecule has 3 aromatic rings. The minimum absolute atomic E-state index is 0.0476. The van der Waals surface area contributed by atoms with Crippen molar-refractivity contribution in [2.75, 3.05) is 11.1 Å². The van der Waals surface area contributed by atoms with Crippen molar-refractivity contribution in [3.63, 3.8) is 0 Å². The van der Waals surface area contributed by atoms with Crippen LogP contribution in [0, 0.1) is 6.92 Å². The molecule has 0 radical (unpaired) electrons. The largest absolute Gasteiger partial charge is 0.573 e. The monoisotopic (exact) mass is 408 g/mol. The van der Waals surface area contributed by atoms with Gasteiger partial charge in [0.05, 0.1) is 5.75 Å². The second-order valence-electron chi connectivity index (χ2n) is 5.74. The van der Waals surface area contributed by atoms with Crippen molar-refractivity contribution >= 4 is 23.4 Å². The van der Waals surface area contributed by atoms with Crippen LogP contribution in [0.5, 0.6) is 5.75 Å². The summed E-state index contributed by atoms with van der Waals surface area (Å²) in [6.45, 7) is 1.99. The first-order valence-corrected chi connectivity index (χ1v) is 9.05. The minimum atomic E-state index is -4.75. The standard InChI is InChI=1S/C18H15F3N4O2S/c1-11-2-4-12(5-3-11)16-23-17(25-24-16)28-10-15(26)22-13-6-8-14(9-7-13)27-18(19,20)21/h2-9H,10H2,1H3,(H,22,26)(H,23,24,25). The van der Waals surface area contributed by atoms with Gasteiger partial charge in [0, 0.05) is 11.3 Å². The van der Waals surface area contributed by atoms with Crippen LogP contribution in [0.3, 0.4) is 0 Å². The van der Waals surface area contributed by atoms with Crippen molar-refractivity contribution in [2.45, 2.75) is 18.4 Å². The zero-order chi connectivity index (χ0) is 20.1. The second-order valence-corrected chi connectivity index (χ2v) is 6.68. The van der Waals surface area contributed by atoms with E-state index >= 15 is 0 Å². The van der Waals surface area contributed by atoms with Gasteiger partial charge in [-0.3, -0.25) is 9.89 Å². The summed E-state index contributed by atoms with van der Waals surface area (Å²) in [6, 6.07) is 12.7. The Morgan fingerprint density at radius 3 is 2.46 bits per heavy atom. The molecule has 1 heterocycles. The molecule has 0 saturated heterocycles. The number of nitrogens with zero attached hydrogens (tertiary/aromatic N) is 2. The lowest BCUT2D eigenvalue weighted by molar-refractivity contribution is -0.274. The molecule has 10 heteroatoms. The number of nitrogens with one attached hydrogen (secondary N) is 2. The van der Waals surface area contributed by atoms with Crippen LogP contribution in [0.15, 0.2) is 53.7 Å². The number of aromatic nitrogens is 3. The maximum absolute atomic E-state index is 12.1. The van der Waals surface area contributed by atoms with Crippen LogP contribution in [0.1, 0.15) is 5.56 Å². The molecule has 2 aromatic carbocycles. The highest BCUT2D eigenvalue weighted by molar-refractivity contribution is 7.99. The first-order chi connectivity index (χ1) is 13.3. The van der Waals surface area contributed by atoms with Gasteiger partial charge in [-0.25, -0.2) is 4.98 Å². The summed E-state index contributed by atoms with van der Waals surface area (Å²) in [7, 11) is 0. The van der Waals surface area contributed by atoms with Gasteiger partial charge in [0.25, 0.3) is 0 Å². The molecule has 146 valence electrons. The maximum atomic E-state index is 12.1. The number of aryl methyl sites for hydroxylation is 1. The number of thioether (sulfide) groups is 1. The van der Waals surface area contributed by atoms with E-state index in [9.17, 15) is 18.0 Å². The van der Waals surface area contributed by atoms with E-state index < -0.39 is 6.36 Å². The Hall–Kier alpha value is -3.01. The summed E-state index contributed by atoms with van der Waals surface area (Å²) < 4.78 is 40.2. The fraction of sp³-hybridized carbons (Fsp3) is 0.167. The van der Waals surface area contributed by atoms with Crippen LogP contribution in [0.4, 0.5) is 18.9 Å². The number of hydrogen-bond donors (Lipinski definition) is 2. The van der Waals surface area contributed by atoms with Gasteiger partial charge in [0.15, 0.2) is 5.82 Å². The minimum Gasteiger partial charge on any atom is -0.406 e. The molecule has 6 nitrogen and oxygen atoms in total. The molecular formula is C18H15F3N4O2S. The lowest BCUT2D eigenvalue weighted by Gasteiger charge is -2.09. The molecule has 0 spiro atoms. The smallest absolute Gasteiger partial charge is 0.406 e. The van der Waals surface area contributed by atoms with Gasteiger partial charge in [0.2, 0.25) is 11.1 Å². The lowest BCUT2D eigenvalue weighted by atomic mass is 10.1. The van der Waals surface area contributed by atoms with Gasteiger partial charge < -0.3 is 10.1 Å². The first-order valence-electron chi connectivity index (χ1n) is 8.06. The first kappa shape index (κ1) is 19.7. The van der Waals surface area contributed by atoms with Crippen LogP contribution in [-0.4, -0.2) is 33.2 Å². The molecule has 0 aliphatic heterocycles. The summed E-state index contributed by atoms with van der Waals surface area (Å²) >= 11 is 1.14. The van der Waals surface area contributed by atoms with Crippen LogP contribution in [0.25, 0.3) is 11.4 Å². The fourth-order valence-electron chi connectivity index (χ4n) is 2.22. The van der Waals surface area contributed by atoms with Crippen LogP contribution in [0.2, 0.25) is 0 Å². The van der Waals surface area contributed by atoms with Crippen molar-refractivity contribution in [1.82, 2.24) is 15.2 Å². The summed E-state index contributed by atoms with van der Waals surface area (Å²) in [4.78, 5) is 16.3. The molecule has 1 amide bonds. The van der Waals surface area contributed by atoms with E-state index in [1.165, 1.54) is 12.1 Å². The molecular weight excluding hydrogens is 393 g/mol. The Morgan fingerprint density at radius 1 is 1.14 bits per heavy atom. The highest BCUT2D eigenvalue weighted by Crippen LogP contribution is 2.24. The molecule has 0 saturated carbocycles. The fourth-order valence-corrected chi connectivity index (χ4v) is 2.82. The molecule has 0 fully saturated rings. The summed E-state index contributed by atoms with van der Waals surface area (Å²) in [5.74, 6) is -0.0463. The van der Waals surface area contributed by atoms with Gasteiger partial charge in [-0.15, -0.1) is 18.3 Å². The Morgan fingerprint density at radius 2 is 1.82 bits per heavy atom. The third kappa shape index (κ3) is 5.74. The van der Waals surface area contributed by atoms with Crippen LogP contribution in [-0.2, 0) is 4.79 Å². The predicted octanol–water partition coefficient (Wildman–Crippen LogP) is 4.41. The van der Waals surface area contributed by atoms with Crippen LogP contribution >= 0.6 is 11.8 Å². The zero-order valence-electron chi connectivity index (χ0n) is 14.6. The topological polar surface area (TPSA) is 79.9 Å². The average Bonchev–Trinajstić information content (AvgIpc) is 3.10. The summed E-state index contributed by atoms with van der Waals surface area (Å²) in [5.41, 5.74) is 2.37. The number of carbonyl (C=O) groups excluding carboxylic acids is 1. The molecule has 0 aliphatic rings. The summed E-state index contributed by atoms with van der Waals surface area (Å²) in [5, 5.41) is 9.88. The van der Waals surface area contributed by atoms with Gasteiger partial charge in [-0.2, -0.15) is 0 Å². The van der Waals surface area contributed by atoms with E-state index in [-0.39, 0.29) is 17.4 Å². The zero-order valence-corrected chi connectivity index (χ0v) is 15.4. The maximum Gasteiger partial charge on any atom is 0.573 e. The number of aromatic amines is 1. The Labute approximate surface area is 162 Å². The molecule has 3 rings (SSSR count). The van der Waals surface area contributed by atoms with Crippen molar-refractivity contribution < 1.29 is 22.7 Å². The molecule has 2 N–H and O–H groups in total. The third-order valence-corrected chi connectivity index (χ3v) is 4.34. The SMILES string of the molecule is Cc1ccc(-c2nc(SCC(=O)Nc3ccc(OC(F)(F)F)cc3)n[nH]2)cc1. The van der Waals surface area contributed by atoms with Crippen molar-refractivity contribution in [3.8, 4) is 17.1 Å². The lowest BCUT2D eigenvalue weighted by Crippen LogP contribution is -2.17. The Kier molecular flexibility index (Phi) is 5.88. The Balaban J connectivity index is 1.51. The number of rotatable bonds is 6. The second kappa shape index (κ2) is 8.34. The van der Waals surface area contributed by atoms with Crippen molar-refractivity contribution in [2.24, 2.45) is 0 Å². The van der Waals surface area contributed by atoms with E-state index in [1.807, 2.05) is 31.2 Å². The number of alkyl halides is 3. The van der Waals surface area contributed by atoms with Gasteiger partial charge in [-0.1, -0.05) is 41.6 Å². The molecule has 0 unspecified atom stereocenters. The highest BCUT2D eigenvalue weighted by Gasteiger charge is 2.30. The van der Waals surface area contributed by atoms with Gasteiger partial charge in [-0.05, 0) is 31.2 Å². The highest BCUT2D eigenvalue weighted by atomic mass is 32.2. The van der Waals surface area contributed by atoms with E-state index in [0.717, 1.165) is 35.0 Å². The number of benzene rings is 2. The number of H-pyrrole nitrogens is 1. The number of amides is 1. The normalized spacial score (nSPS) is 11.3. The number of anilines is 1. The Bertz CT molecular complexity index is 941. The summed E-state index contributed by atoms with van der Waals surface area (Å²) in [6.07, 6.45) is -4.75. The quantitative estimate of drug-likeness (QED) is 0.591. The van der Waals surface area contributed by atoms with Crippen LogP contribution < -0.4 is 10.1 Å². The molecule has 0 bridgehead atoms. The third-order valence-electron chi connectivity index (χ3n) is 3.49.